The molecule has 0 spiro atoms. The molecular weight excluding hydrogens is 200 g/mol. The number of rotatable bonds is 1. The Bertz CT molecular complexity index is 445. The third-order valence-electron chi connectivity index (χ3n) is 2.14. The van der Waals surface area contributed by atoms with Gasteiger partial charge in [0.05, 0.1) is 6.61 Å². The van der Waals surface area contributed by atoms with Crippen LogP contribution < -0.4 is 0 Å². The van der Waals surface area contributed by atoms with Crippen LogP contribution in [0.15, 0.2) is 22.4 Å². The van der Waals surface area contributed by atoms with Crippen molar-refractivity contribution >= 4 is 34.1 Å². The number of thiol groups is 1. The maximum absolute atomic E-state index is 9.07. The van der Waals surface area contributed by atoms with E-state index in [4.69, 9.17) is 5.11 Å². The summed E-state index contributed by atoms with van der Waals surface area (Å²) in [7, 11) is 0. The van der Waals surface area contributed by atoms with Gasteiger partial charge in [0, 0.05) is 9.60 Å². The van der Waals surface area contributed by atoms with Crippen molar-refractivity contribution in [3.8, 4) is 0 Å². The molecule has 13 heavy (non-hydrogen) atoms. The predicted molar refractivity (Wildman–Crippen MR) is 59.7 cm³/mol. The van der Waals surface area contributed by atoms with E-state index in [1.807, 2.05) is 12.3 Å². The summed E-state index contributed by atoms with van der Waals surface area (Å²) in [6, 6.07) is 4.14. The van der Waals surface area contributed by atoms with Crippen LogP contribution in [0.2, 0.25) is 0 Å². The third kappa shape index (κ3) is 1.47. The number of hydrogen-bond acceptors (Lipinski definition) is 3. The maximum atomic E-state index is 9.07. The molecule has 1 N–H and O–H groups in total. The Labute approximate surface area is 86.4 Å². The van der Waals surface area contributed by atoms with Crippen LogP contribution in [0, 0.1) is 6.92 Å². The molecule has 0 aliphatic heterocycles. The lowest BCUT2D eigenvalue weighted by Gasteiger charge is -1.99. The number of aliphatic hydroxyl groups excluding tert-OH is 1. The number of benzene rings is 1. The highest BCUT2D eigenvalue weighted by atomic mass is 32.1. The Morgan fingerprint density at radius 3 is 2.92 bits per heavy atom. The molecule has 0 aliphatic carbocycles. The summed E-state index contributed by atoms with van der Waals surface area (Å²) in [5.41, 5.74) is 2.17. The number of aliphatic hydroxyl groups is 1. The Morgan fingerprint density at radius 2 is 2.23 bits per heavy atom. The van der Waals surface area contributed by atoms with E-state index >= 15 is 0 Å². The third-order valence-corrected chi connectivity index (χ3v) is 3.62. The van der Waals surface area contributed by atoms with Crippen molar-refractivity contribution in [2.45, 2.75) is 18.4 Å². The molecule has 1 nitrogen and oxygen atoms in total. The molecule has 1 aromatic heterocycles. The molecule has 1 heterocycles. The standard InChI is InChI=1S/C10H10OS2/c1-6-2-8-7(4-11)5-13-10(8)3-9(6)12/h2-3,5,11-12H,4H2,1H3. The molecule has 0 atom stereocenters. The Kier molecular flexibility index (Phi) is 2.32. The molecular formula is C10H10OS2. The van der Waals surface area contributed by atoms with Crippen molar-refractivity contribution in [1.29, 1.82) is 0 Å². The fraction of sp³-hybridized carbons (Fsp3) is 0.200. The monoisotopic (exact) mass is 210 g/mol. The summed E-state index contributed by atoms with van der Waals surface area (Å²) < 4.78 is 1.19. The molecule has 0 fully saturated rings. The number of thiophene rings is 1. The Balaban J connectivity index is 2.77. The predicted octanol–water partition coefficient (Wildman–Crippen LogP) is 2.99. The molecule has 1 aromatic carbocycles. The molecule has 0 aliphatic rings. The van der Waals surface area contributed by atoms with Crippen molar-refractivity contribution < 1.29 is 5.11 Å². The minimum Gasteiger partial charge on any atom is -0.392 e. The summed E-state index contributed by atoms with van der Waals surface area (Å²) >= 11 is 6.01. The molecule has 2 aromatic rings. The van der Waals surface area contributed by atoms with Gasteiger partial charge in [-0.2, -0.15) is 0 Å². The van der Waals surface area contributed by atoms with Crippen LogP contribution in [0.1, 0.15) is 11.1 Å². The highest BCUT2D eigenvalue weighted by Crippen LogP contribution is 2.30. The van der Waals surface area contributed by atoms with Gasteiger partial charge in [0.1, 0.15) is 0 Å². The molecule has 0 radical (unpaired) electrons. The molecule has 0 saturated carbocycles. The van der Waals surface area contributed by atoms with Crippen LogP contribution in [0.25, 0.3) is 10.1 Å². The van der Waals surface area contributed by atoms with Gasteiger partial charge in [-0.25, -0.2) is 0 Å². The summed E-state index contributed by atoms with van der Waals surface area (Å²) in [5, 5.41) is 12.2. The Hall–Kier alpha value is -0.510. The second-order valence-electron chi connectivity index (χ2n) is 3.05. The lowest BCUT2D eigenvalue weighted by Crippen LogP contribution is -1.81. The van der Waals surface area contributed by atoms with Crippen LogP contribution in [0.3, 0.4) is 0 Å². The van der Waals surface area contributed by atoms with Crippen molar-refractivity contribution in [3.05, 3.63) is 28.6 Å². The van der Waals surface area contributed by atoms with E-state index in [2.05, 4.69) is 24.8 Å². The fourth-order valence-electron chi connectivity index (χ4n) is 1.35. The largest absolute Gasteiger partial charge is 0.392 e. The van der Waals surface area contributed by atoms with Crippen LogP contribution in [-0.2, 0) is 6.61 Å². The Morgan fingerprint density at radius 1 is 1.46 bits per heavy atom. The SMILES string of the molecule is Cc1cc2c(CO)csc2cc1S. The lowest BCUT2D eigenvalue weighted by atomic mass is 10.1. The molecule has 2 rings (SSSR count). The molecule has 0 saturated heterocycles. The topological polar surface area (TPSA) is 20.2 Å². The van der Waals surface area contributed by atoms with Gasteiger partial charge in [-0.1, -0.05) is 0 Å². The van der Waals surface area contributed by atoms with Gasteiger partial charge >= 0.3 is 0 Å². The van der Waals surface area contributed by atoms with E-state index in [0.717, 1.165) is 21.4 Å². The van der Waals surface area contributed by atoms with Crippen molar-refractivity contribution in [3.63, 3.8) is 0 Å². The second kappa shape index (κ2) is 3.33. The first-order chi connectivity index (χ1) is 6.22. The van der Waals surface area contributed by atoms with Gasteiger partial charge < -0.3 is 5.11 Å². The smallest absolute Gasteiger partial charge is 0.0696 e. The summed E-state index contributed by atoms with van der Waals surface area (Å²) in [6.45, 7) is 2.14. The van der Waals surface area contributed by atoms with Gasteiger partial charge in [0.25, 0.3) is 0 Å². The van der Waals surface area contributed by atoms with Gasteiger partial charge in [0.15, 0.2) is 0 Å². The van der Waals surface area contributed by atoms with Crippen LogP contribution >= 0.6 is 24.0 Å². The lowest BCUT2D eigenvalue weighted by molar-refractivity contribution is 0.284. The first kappa shape index (κ1) is 9.06. The summed E-state index contributed by atoms with van der Waals surface area (Å²) in [5.74, 6) is 0. The molecule has 68 valence electrons. The maximum Gasteiger partial charge on any atom is 0.0696 e. The van der Waals surface area contributed by atoms with Crippen LogP contribution in [-0.4, -0.2) is 5.11 Å². The normalized spacial score (nSPS) is 11.0. The van der Waals surface area contributed by atoms with Gasteiger partial charge in [-0.3, -0.25) is 0 Å². The highest BCUT2D eigenvalue weighted by Gasteiger charge is 2.04. The van der Waals surface area contributed by atoms with E-state index < -0.39 is 0 Å². The number of aryl methyl sites for hydroxylation is 1. The zero-order chi connectivity index (χ0) is 9.42. The van der Waals surface area contributed by atoms with Crippen LogP contribution in [0.5, 0.6) is 0 Å². The van der Waals surface area contributed by atoms with Crippen molar-refractivity contribution in [2.75, 3.05) is 0 Å². The first-order valence-corrected chi connectivity index (χ1v) is 5.35. The minimum atomic E-state index is 0.116. The van der Waals surface area contributed by atoms with E-state index in [0.29, 0.717) is 0 Å². The van der Waals surface area contributed by atoms with Gasteiger partial charge in [-0.15, -0.1) is 24.0 Å². The van der Waals surface area contributed by atoms with Gasteiger partial charge in [-0.05, 0) is 40.9 Å². The minimum absolute atomic E-state index is 0.116. The van der Waals surface area contributed by atoms with Crippen molar-refractivity contribution in [1.82, 2.24) is 0 Å². The van der Waals surface area contributed by atoms with E-state index in [-0.39, 0.29) is 6.61 Å². The van der Waals surface area contributed by atoms with Crippen molar-refractivity contribution in [2.24, 2.45) is 0 Å². The zero-order valence-corrected chi connectivity index (χ0v) is 8.95. The number of fused-ring (bicyclic) bond motifs is 1. The molecule has 0 unspecified atom stereocenters. The quantitative estimate of drug-likeness (QED) is 0.693. The first-order valence-electron chi connectivity index (χ1n) is 4.03. The van der Waals surface area contributed by atoms with Crippen LogP contribution in [0.4, 0.5) is 0 Å². The molecule has 3 heteroatoms. The summed E-state index contributed by atoms with van der Waals surface area (Å²) in [6.07, 6.45) is 0. The van der Waals surface area contributed by atoms with E-state index in [9.17, 15) is 0 Å². The number of hydrogen-bond donors (Lipinski definition) is 2. The average Bonchev–Trinajstić information content (AvgIpc) is 2.48. The summed E-state index contributed by atoms with van der Waals surface area (Å²) in [4.78, 5) is 1.01. The van der Waals surface area contributed by atoms with Gasteiger partial charge in [0.2, 0.25) is 0 Å². The molecule has 0 bridgehead atoms. The fourth-order valence-corrected chi connectivity index (χ4v) is 2.60. The molecule has 0 amide bonds. The average molecular weight is 210 g/mol. The second-order valence-corrected chi connectivity index (χ2v) is 4.45. The van der Waals surface area contributed by atoms with E-state index in [1.54, 1.807) is 11.3 Å². The van der Waals surface area contributed by atoms with E-state index in [1.165, 1.54) is 4.70 Å². The zero-order valence-electron chi connectivity index (χ0n) is 7.24. The highest BCUT2D eigenvalue weighted by molar-refractivity contribution is 7.80.